The minimum Gasteiger partial charge on any atom is -0.449 e. The first kappa shape index (κ1) is 18.2. The predicted molar refractivity (Wildman–Crippen MR) is 91.0 cm³/mol. The molecule has 2 atom stereocenters. The minimum atomic E-state index is -3.07. The highest BCUT2D eigenvalue weighted by Gasteiger charge is 2.30. The molecule has 1 N–H and O–H groups in total. The van der Waals surface area contributed by atoms with E-state index in [9.17, 15) is 18.0 Å². The molecule has 6 nitrogen and oxygen atoms in total. The Bertz CT molecular complexity index is 754. The van der Waals surface area contributed by atoms with Gasteiger partial charge in [0.05, 0.1) is 11.5 Å². The third kappa shape index (κ3) is 5.19. The van der Waals surface area contributed by atoms with Gasteiger partial charge in [-0.05, 0) is 37.5 Å². The van der Waals surface area contributed by atoms with Crippen LogP contribution in [0.5, 0.6) is 0 Å². The first-order valence-corrected chi connectivity index (χ1v) is 9.54. The van der Waals surface area contributed by atoms with E-state index in [0.717, 1.165) is 11.1 Å². The van der Waals surface area contributed by atoms with E-state index in [-0.39, 0.29) is 11.5 Å². The molecular formula is C17H21NO5S. The largest absolute Gasteiger partial charge is 0.449 e. The van der Waals surface area contributed by atoms with Gasteiger partial charge in [-0.2, -0.15) is 0 Å². The summed E-state index contributed by atoms with van der Waals surface area (Å²) in [5.74, 6) is -1.10. The molecule has 2 rings (SSSR count). The van der Waals surface area contributed by atoms with Crippen LogP contribution in [0.1, 0.15) is 24.5 Å². The lowest BCUT2D eigenvalue weighted by atomic mass is 10.1. The molecule has 130 valence electrons. The summed E-state index contributed by atoms with van der Waals surface area (Å²) in [6.45, 7) is 3.38. The number of amides is 1. The van der Waals surface area contributed by atoms with E-state index in [4.69, 9.17) is 4.74 Å². The second kappa shape index (κ2) is 7.61. The van der Waals surface area contributed by atoms with Gasteiger partial charge in [-0.15, -0.1) is 0 Å². The van der Waals surface area contributed by atoms with Crippen LogP contribution in [0.15, 0.2) is 30.3 Å². The average molecular weight is 351 g/mol. The van der Waals surface area contributed by atoms with Gasteiger partial charge >= 0.3 is 5.97 Å². The fraction of sp³-hybridized carbons (Fsp3) is 0.412. The third-order valence-electron chi connectivity index (χ3n) is 3.83. The molecule has 1 heterocycles. The summed E-state index contributed by atoms with van der Waals surface area (Å²) in [6.07, 6.45) is 2.31. The number of aryl methyl sites for hydroxylation is 1. The highest BCUT2D eigenvalue weighted by Crippen LogP contribution is 2.12. The standard InChI is InChI=1S/C17H21NO5S/c1-12-5-3-4-6-14(12)7-8-16(19)23-13(2)17(20)18-15-9-10-24(21,22)11-15/h3-8,13,15H,9-11H2,1-2H3,(H,18,20)/b8-7+/t13-,15-/m1/s1. The summed E-state index contributed by atoms with van der Waals surface area (Å²) in [7, 11) is -3.07. The van der Waals surface area contributed by atoms with Gasteiger partial charge in [0.2, 0.25) is 0 Å². The first-order chi connectivity index (χ1) is 11.3. The summed E-state index contributed by atoms with van der Waals surface area (Å²) in [5.41, 5.74) is 1.91. The van der Waals surface area contributed by atoms with Crippen molar-refractivity contribution in [3.8, 4) is 0 Å². The van der Waals surface area contributed by atoms with Crippen molar-refractivity contribution in [1.82, 2.24) is 5.32 Å². The van der Waals surface area contributed by atoms with Crippen molar-refractivity contribution in [2.45, 2.75) is 32.4 Å². The Morgan fingerprint density at radius 3 is 2.67 bits per heavy atom. The van der Waals surface area contributed by atoms with Crippen molar-refractivity contribution < 1.29 is 22.7 Å². The number of nitrogens with one attached hydrogen (secondary N) is 1. The fourth-order valence-corrected chi connectivity index (χ4v) is 4.10. The van der Waals surface area contributed by atoms with Crippen molar-refractivity contribution >= 4 is 27.8 Å². The molecule has 1 aromatic carbocycles. The van der Waals surface area contributed by atoms with Gasteiger partial charge in [0.15, 0.2) is 15.9 Å². The average Bonchev–Trinajstić information content (AvgIpc) is 2.85. The number of hydrogen-bond acceptors (Lipinski definition) is 5. The Labute approximate surface area is 141 Å². The molecule has 0 bridgehead atoms. The Hall–Kier alpha value is -2.15. The van der Waals surface area contributed by atoms with Crippen LogP contribution in [0.25, 0.3) is 6.08 Å². The normalized spacial score (nSPS) is 20.7. The quantitative estimate of drug-likeness (QED) is 0.637. The molecule has 0 aromatic heterocycles. The van der Waals surface area contributed by atoms with Crippen LogP contribution in [0.2, 0.25) is 0 Å². The van der Waals surface area contributed by atoms with Gasteiger partial charge in [0.25, 0.3) is 5.91 Å². The van der Waals surface area contributed by atoms with E-state index in [1.807, 2.05) is 31.2 Å². The Balaban J connectivity index is 1.85. The summed E-state index contributed by atoms with van der Waals surface area (Å²) < 4.78 is 27.8. The van der Waals surface area contributed by atoms with Crippen molar-refractivity contribution in [2.75, 3.05) is 11.5 Å². The molecule has 1 aliphatic rings. The van der Waals surface area contributed by atoms with Gasteiger partial charge in [-0.25, -0.2) is 13.2 Å². The zero-order valence-corrected chi connectivity index (χ0v) is 14.5. The van der Waals surface area contributed by atoms with Crippen LogP contribution in [0.4, 0.5) is 0 Å². The SMILES string of the molecule is Cc1ccccc1/C=C/C(=O)O[C@H](C)C(=O)N[C@@H]1CCS(=O)(=O)C1. The lowest BCUT2D eigenvalue weighted by Gasteiger charge is -2.15. The summed E-state index contributed by atoms with van der Waals surface area (Å²) in [4.78, 5) is 23.8. The number of rotatable bonds is 5. The number of sulfone groups is 1. The summed E-state index contributed by atoms with van der Waals surface area (Å²) in [5, 5.41) is 2.60. The number of carbonyl (C=O) groups is 2. The minimum absolute atomic E-state index is 0.0629. The summed E-state index contributed by atoms with van der Waals surface area (Å²) in [6, 6.07) is 7.16. The highest BCUT2D eigenvalue weighted by atomic mass is 32.2. The number of hydrogen-bond donors (Lipinski definition) is 1. The van der Waals surface area contributed by atoms with Gasteiger partial charge in [-0.3, -0.25) is 4.79 Å². The summed E-state index contributed by atoms with van der Waals surface area (Å²) >= 11 is 0. The fourth-order valence-electron chi connectivity index (χ4n) is 2.43. The van der Waals surface area contributed by atoms with Crippen LogP contribution in [-0.4, -0.2) is 43.9 Å². The van der Waals surface area contributed by atoms with Crippen molar-refractivity contribution in [2.24, 2.45) is 0 Å². The van der Waals surface area contributed by atoms with Crippen LogP contribution < -0.4 is 5.32 Å². The van der Waals surface area contributed by atoms with Gasteiger partial charge in [0, 0.05) is 12.1 Å². The monoisotopic (exact) mass is 351 g/mol. The second-order valence-corrected chi connectivity index (χ2v) is 8.11. The van der Waals surface area contributed by atoms with Crippen molar-refractivity contribution in [3.63, 3.8) is 0 Å². The molecule has 1 aromatic rings. The maximum Gasteiger partial charge on any atom is 0.331 e. The molecule has 0 aliphatic carbocycles. The van der Waals surface area contributed by atoms with Gasteiger partial charge in [-0.1, -0.05) is 24.3 Å². The molecular weight excluding hydrogens is 330 g/mol. The lowest BCUT2D eigenvalue weighted by molar-refractivity contribution is -0.150. The third-order valence-corrected chi connectivity index (χ3v) is 5.60. The van der Waals surface area contributed by atoms with E-state index < -0.39 is 33.9 Å². The molecule has 0 unspecified atom stereocenters. The smallest absolute Gasteiger partial charge is 0.331 e. The van der Waals surface area contributed by atoms with E-state index in [1.165, 1.54) is 13.0 Å². The van der Waals surface area contributed by atoms with E-state index in [2.05, 4.69) is 5.32 Å². The van der Waals surface area contributed by atoms with E-state index in [1.54, 1.807) is 6.08 Å². The second-order valence-electron chi connectivity index (χ2n) is 5.88. The number of carbonyl (C=O) groups excluding carboxylic acids is 2. The molecule has 1 amide bonds. The number of ether oxygens (including phenoxy) is 1. The zero-order chi connectivity index (χ0) is 17.7. The highest BCUT2D eigenvalue weighted by molar-refractivity contribution is 7.91. The van der Waals surface area contributed by atoms with E-state index >= 15 is 0 Å². The van der Waals surface area contributed by atoms with Crippen LogP contribution in [0, 0.1) is 6.92 Å². The van der Waals surface area contributed by atoms with Gasteiger partial charge < -0.3 is 10.1 Å². The van der Waals surface area contributed by atoms with Crippen molar-refractivity contribution in [3.05, 3.63) is 41.5 Å². The van der Waals surface area contributed by atoms with Crippen LogP contribution in [0.3, 0.4) is 0 Å². The molecule has 24 heavy (non-hydrogen) atoms. The Kier molecular flexibility index (Phi) is 5.77. The molecule has 1 aliphatic heterocycles. The molecule has 0 saturated carbocycles. The van der Waals surface area contributed by atoms with Crippen molar-refractivity contribution in [1.29, 1.82) is 0 Å². The lowest BCUT2D eigenvalue weighted by Crippen LogP contribution is -2.42. The van der Waals surface area contributed by atoms with Crippen LogP contribution in [-0.2, 0) is 24.2 Å². The van der Waals surface area contributed by atoms with Crippen LogP contribution >= 0.6 is 0 Å². The molecule has 1 fully saturated rings. The maximum absolute atomic E-state index is 12.0. The Morgan fingerprint density at radius 2 is 2.04 bits per heavy atom. The Morgan fingerprint density at radius 1 is 1.33 bits per heavy atom. The van der Waals surface area contributed by atoms with Gasteiger partial charge in [0.1, 0.15) is 0 Å². The topological polar surface area (TPSA) is 89.5 Å². The molecule has 0 radical (unpaired) electrons. The first-order valence-electron chi connectivity index (χ1n) is 7.72. The molecule has 1 saturated heterocycles. The zero-order valence-electron chi connectivity index (χ0n) is 13.7. The number of benzene rings is 1. The molecule has 7 heteroatoms. The van der Waals surface area contributed by atoms with E-state index in [0.29, 0.717) is 6.42 Å². The predicted octanol–water partition coefficient (Wildman–Crippen LogP) is 1.24. The maximum atomic E-state index is 12.0. The molecule has 0 spiro atoms. The number of esters is 1.